The van der Waals surface area contributed by atoms with Crippen molar-refractivity contribution >= 4 is 11.9 Å². The molecule has 0 saturated heterocycles. The van der Waals surface area contributed by atoms with Gasteiger partial charge in [-0.3, -0.25) is 9.59 Å². The second-order valence-corrected chi connectivity index (χ2v) is 8.89. The van der Waals surface area contributed by atoms with Crippen LogP contribution in [0.5, 0.6) is 0 Å². The number of hydrogen-bond acceptors (Lipinski definition) is 3. The topological polar surface area (TPSA) is 63.6 Å². The predicted octanol–water partition coefficient (Wildman–Crippen LogP) is 8.71. The second-order valence-electron chi connectivity index (χ2n) is 8.89. The fraction of sp³-hybridized carbons (Fsp3) is 0.724. The first kappa shape index (κ1) is 31.2. The Kier molecular flexibility index (Phi) is 23.4. The molecule has 0 fully saturated rings. The van der Waals surface area contributed by atoms with Gasteiger partial charge in [-0.2, -0.15) is 0 Å². The highest BCUT2D eigenvalue weighted by atomic mass is 16.5. The van der Waals surface area contributed by atoms with Crippen LogP contribution in [-0.4, -0.2) is 23.1 Å². The van der Waals surface area contributed by atoms with Crippen LogP contribution in [0.3, 0.4) is 0 Å². The minimum atomic E-state index is -0.901. The average Bonchev–Trinajstić information content (AvgIpc) is 2.78. The van der Waals surface area contributed by atoms with E-state index in [2.05, 4.69) is 50.3 Å². The van der Waals surface area contributed by atoms with Crippen LogP contribution in [0.1, 0.15) is 129 Å². The first-order valence-corrected chi connectivity index (χ1v) is 13.5. The highest BCUT2D eigenvalue weighted by molar-refractivity contribution is 5.71. The molecule has 190 valence electrons. The molecule has 4 nitrogen and oxygen atoms in total. The van der Waals surface area contributed by atoms with Crippen molar-refractivity contribution in [3.8, 4) is 0 Å². The van der Waals surface area contributed by atoms with Crippen molar-refractivity contribution in [1.82, 2.24) is 0 Å². The molecule has 33 heavy (non-hydrogen) atoms. The van der Waals surface area contributed by atoms with E-state index in [1.165, 1.54) is 25.7 Å². The monoisotopic (exact) mass is 462 g/mol. The number of rotatable bonds is 23. The van der Waals surface area contributed by atoms with Gasteiger partial charge in [0.1, 0.15) is 6.10 Å². The summed E-state index contributed by atoms with van der Waals surface area (Å²) in [4.78, 5) is 23.1. The zero-order valence-corrected chi connectivity index (χ0v) is 21.4. The fourth-order valence-electron chi connectivity index (χ4n) is 3.62. The number of esters is 1. The number of carboxylic acids is 1. The molecule has 0 radical (unpaired) electrons. The summed E-state index contributed by atoms with van der Waals surface area (Å²) < 4.78 is 5.43. The summed E-state index contributed by atoms with van der Waals surface area (Å²) in [5.41, 5.74) is 0. The van der Waals surface area contributed by atoms with Crippen LogP contribution in [-0.2, 0) is 14.3 Å². The van der Waals surface area contributed by atoms with Crippen molar-refractivity contribution in [2.24, 2.45) is 0 Å². The van der Waals surface area contributed by atoms with Gasteiger partial charge in [0.2, 0.25) is 0 Å². The van der Waals surface area contributed by atoms with Gasteiger partial charge < -0.3 is 9.84 Å². The predicted molar refractivity (Wildman–Crippen MR) is 139 cm³/mol. The number of carbonyl (C=O) groups excluding carboxylic acids is 1. The fourth-order valence-corrected chi connectivity index (χ4v) is 3.62. The first-order valence-electron chi connectivity index (χ1n) is 13.5. The quantitative estimate of drug-likeness (QED) is 0.0936. The molecule has 0 rings (SSSR count). The number of carbonyl (C=O) groups is 2. The Balaban J connectivity index is 3.70. The average molecular weight is 463 g/mol. The van der Waals surface area contributed by atoms with Gasteiger partial charge in [0.25, 0.3) is 0 Å². The molecule has 0 aliphatic carbocycles. The summed E-state index contributed by atoms with van der Waals surface area (Å²) in [6, 6.07) is 0. The van der Waals surface area contributed by atoms with E-state index in [0.717, 1.165) is 70.6 Å². The molecule has 0 saturated carbocycles. The number of hydrogen-bond donors (Lipinski definition) is 1. The summed E-state index contributed by atoms with van der Waals surface area (Å²) in [7, 11) is 0. The lowest BCUT2D eigenvalue weighted by Crippen LogP contribution is -2.21. The Hall–Kier alpha value is -1.84. The van der Waals surface area contributed by atoms with E-state index in [4.69, 9.17) is 9.84 Å². The van der Waals surface area contributed by atoms with Crippen LogP contribution in [0.25, 0.3) is 0 Å². The van der Waals surface area contributed by atoms with Crippen molar-refractivity contribution in [1.29, 1.82) is 0 Å². The van der Waals surface area contributed by atoms with E-state index >= 15 is 0 Å². The molecule has 1 unspecified atom stereocenters. The second kappa shape index (κ2) is 24.8. The first-order chi connectivity index (χ1) is 16.1. The maximum Gasteiger partial charge on any atom is 0.307 e. The summed E-state index contributed by atoms with van der Waals surface area (Å²) in [5, 5.41) is 9.03. The molecule has 1 N–H and O–H groups in total. The van der Waals surface area contributed by atoms with Gasteiger partial charge in [-0.25, -0.2) is 0 Å². The zero-order valence-electron chi connectivity index (χ0n) is 21.4. The van der Waals surface area contributed by atoms with Crippen LogP contribution in [0.2, 0.25) is 0 Å². The number of carboxylic acid groups (broad SMARTS) is 1. The molecular formula is C29H50O4. The largest absolute Gasteiger partial charge is 0.481 e. The number of unbranched alkanes of at least 4 members (excludes halogenated alkanes) is 10. The molecule has 0 aromatic heterocycles. The Bertz CT molecular complexity index is 548. The van der Waals surface area contributed by atoms with Crippen molar-refractivity contribution < 1.29 is 19.4 Å². The molecule has 0 aromatic rings. The van der Waals surface area contributed by atoms with E-state index in [1.807, 2.05) is 0 Å². The lowest BCUT2D eigenvalue weighted by molar-refractivity contribution is -0.153. The van der Waals surface area contributed by atoms with Crippen LogP contribution in [0.15, 0.2) is 36.5 Å². The SMILES string of the molecule is CCCCC/C=C\C/C=C\C/C=C\CCCCCCC(=O)OC(CCCCCC)CC(=O)O. The third kappa shape index (κ3) is 24.6. The van der Waals surface area contributed by atoms with Crippen molar-refractivity contribution in [3.05, 3.63) is 36.5 Å². The van der Waals surface area contributed by atoms with Gasteiger partial charge >= 0.3 is 11.9 Å². The molecule has 0 amide bonds. The van der Waals surface area contributed by atoms with Crippen molar-refractivity contribution in [2.45, 2.75) is 136 Å². The zero-order chi connectivity index (χ0) is 24.4. The van der Waals surface area contributed by atoms with Crippen LogP contribution in [0, 0.1) is 0 Å². The maximum atomic E-state index is 12.0. The van der Waals surface area contributed by atoms with Crippen LogP contribution >= 0.6 is 0 Å². The molecule has 0 aliphatic rings. The highest BCUT2D eigenvalue weighted by Crippen LogP contribution is 2.14. The Morgan fingerprint density at radius 3 is 1.82 bits per heavy atom. The Labute approximate surface area is 203 Å². The van der Waals surface area contributed by atoms with E-state index in [1.54, 1.807) is 0 Å². The molecule has 0 heterocycles. The van der Waals surface area contributed by atoms with Gasteiger partial charge in [0, 0.05) is 6.42 Å². The van der Waals surface area contributed by atoms with E-state index in [9.17, 15) is 9.59 Å². The van der Waals surface area contributed by atoms with Crippen molar-refractivity contribution in [3.63, 3.8) is 0 Å². The Morgan fingerprint density at radius 2 is 1.21 bits per heavy atom. The molecular weight excluding hydrogens is 412 g/mol. The number of allylic oxidation sites excluding steroid dienone is 6. The summed E-state index contributed by atoms with van der Waals surface area (Å²) in [6.45, 7) is 4.37. The lowest BCUT2D eigenvalue weighted by atomic mass is 10.1. The third-order valence-corrected chi connectivity index (χ3v) is 5.60. The molecule has 0 spiro atoms. The normalized spacial score (nSPS) is 12.8. The standard InChI is InChI=1S/C29H50O4/c1-3-5-7-9-10-11-12-13-14-15-16-17-18-19-20-21-23-25-29(32)33-27(26-28(30)31)24-22-8-6-4-2/h10-11,13-14,16-17,27H,3-9,12,15,18-26H2,1-2H3,(H,30,31)/b11-10-,14-13-,17-16-. The number of aliphatic carboxylic acids is 1. The van der Waals surface area contributed by atoms with E-state index < -0.39 is 12.1 Å². The summed E-state index contributed by atoms with van der Waals surface area (Å²) in [5.74, 6) is -1.15. The van der Waals surface area contributed by atoms with Crippen LogP contribution in [0.4, 0.5) is 0 Å². The highest BCUT2D eigenvalue weighted by Gasteiger charge is 2.17. The molecule has 0 aliphatic heterocycles. The summed E-state index contributed by atoms with van der Waals surface area (Å²) in [6.07, 6.45) is 30.4. The minimum Gasteiger partial charge on any atom is -0.481 e. The van der Waals surface area contributed by atoms with Gasteiger partial charge in [-0.15, -0.1) is 0 Å². The van der Waals surface area contributed by atoms with E-state index in [-0.39, 0.29) is 12.4 Å². The number of ether oxygens (including phenoxy) is 1. The molecule has 1 atom stereocenters. The third-order valence-electron chi connectivity index (χ3n) is 5.60. The van der Waals surface area contributed by atoms with Crippen LogP contribution < -0.4 is 0 Å². The lowest BCUT2D eigenvalue weighted by Gasteiger charge is -2.16. The Morgan fingerprint density at radius 1 is 0.697 bits per heavy atom. The van der Waals surface area contributed by atoms with Gasteiger partial charge in [0.15, 0.2) is 0 Å². The minimum absolute atomic E-state index is 0.0882. The van der Waals surface area contributed by atoms with Gasteiger partial charge in [0.05, 0.1) is 6.42 Å². The maximum absolute atomic E-state index is 12.0. The van der Waals surface area contributed by atoms with Gasteiger partial charge in [-0.05, 0) is 57.8 Å². The molecule has 4 heteroatoms. The smallest absolute Gasteiger partial charge is 0.307 e. The molecule has 0 aromatic carbocycles. The summed E-state index contributed by atoms with van der Waals surface area (Å²) >= 11 is 0. The van der Waals surface area contributed by atoms with Crippen molar-refractivity contribution in [2.75, 3.05) is 0 Å². The van der Waals surface area contributed by atoms with Gasteiger partial charge in [-0.1, -0.05) is 95.2 Å². The van der Waals surface area contributed by atoms with E-state index in [0.29, 0.717) is 12.8 Å². The molecule has 0 bridgehead atoms.